The van der Waals surface area contributed by atoms with E-state index >= 15 is 0 Å². The molecule has 2 N–H and O–H groups in total. The molecule has 1 aliphatic heterocycles. The summed E-state index contributed by atoms with van der Waals surface area (Å²) in [7, 11) is 0. The maximum Gasteiger partial charge on any atom is 0.0490 e. The minimum atomic E-state index is 0.674. The van der Waals surface area contributed by atoms with Gasteiger partial charge in [-0.2, -0.15) is 16.9 Å². The molecule has 13 heavy (non-hydrogen) atoms. The van der Waals surface area contributed by atoms with Crippen molar-refractivity contribution < 1.29 is 0 Å². The largest absolute Gasteiger partial charge is 0.307 e. The predicted octanol–water partition coefficient (Wildman–Crippen LogP) is 1.25. The van der Waals surface area contributed by atoms with Gasteiger partial charge in [0.25, 0.3) is 0 Å². The third-order valence-electron chi connectivity index (χ3n) is 2.48. The molecule has 1 fully saturated rings. The van der Waals surface area contributed by atoms with Crippen LogP contribution in [0, 0.1) is 5.92 Å². The molecular weight excluding hydrogens is 182 g/mol. The Balaban J connectivity index is 1.79. The second kappa shape index (κ2) is 4.15. The number of nitrogens with one attached hydrogen (secondary N) is 2. The van der Waals surface area contributed by atoms with Crippen LogP contribution in [0.15, 0.2) is 12.3 Å². The van der Waals surface area contributed by atoms with E-state index in [4.69, 9.17) is 0 Å². The fraction of sp³-hybridized carbons (Fsp3) is 0.667. The number of nitrogens with zero attached hydrogens (tertiary/aromatic N) is 1. The number of thioether (sulfide) groups is 1. The lowest BCUT2D eigenvalue weighted by atomic mass is 10.1. The van der Waals surface area contributed by atoms with Gasteiger partial charge in [-0.05, 0) is 17.7 Å². The van der Waals surface area contributed by atoms with Crippen LogP contribution in [0.25, 0.3) is 0 Å². The molecule has 0 spiro atoms. The van der Waals surface area contributed by atoms with Crippen molar-refractivity contribution in [2.45, 2.75) is 19.5 Å². The fourth-order valence-corrected chi connectivity index (χ4v) is 2.99. The van der Waals surface area contributed by atoms with Crippen molar-refractivity contribution in [3.05, 3.63) is 18.0 Å². The van der Waals surface area contributed by atoms with Crippen molar-refractivity contribution >= 4 is 11.8 Å². The summed E-state index contributed by atoms with van der Waals surface area (Å²) < 4.78 is 0. The van der Waals surface area contributed by atoms with E-state index < -0.39 is 0 Å². The second-order valence-corrected chi connectivity index (χ2v) is 4.66. The summed E-state index contributed by atoms with van der Waals surface area (Å²) in [6.07, 6.45) is 1.80. The van der Waals surface area contributed by atoms with Crippen molar-refractivity contribution in [2.75, 3.05) is 11.5 Å². The molecule has 2 unspecified atom stereocenters. The molecule has 2 atom stereocenters. The molecule has 0 radical (unpaired) electrons. The van der Waals surface area contributed by atoms with Crippen molar-refractivity contribution in [3.63, 3.8) is 0 Å². The van der Waals surface area contributed by atoms with Gasteiger partial charge >= 0.3 is 0 Å². The Labute approximate surface area is 82.7 Å². The molecule has 2 heterocycles. The molecule has 0 bridgehead atoms. The third kappa shape index (κ3) is 2.25. The lowest BCUT2D eigenvalue weighted by Crippen LogP contribution is -2.33. The molecule has 72 valence electrons. The highest BCUT2D eigenvalue weighted by Gasteiger charge is 2.22. The molecule has 3 nitrogen and oxygen atoms in total. The van der Waals surface area contributed by atoms with E-state index in [1.54, 1.807) is 6.20 Å². The lowest BCUT2D eigenvalue weighted by molar-refractivity contribution is 0.450. The molecule has 1 aliphatic rings. The number of hydrogen-bond acceptors (Lipinski definition) is 3. The average Bonchev–Trinajstić information content (AvgIpc) is 2.72. The third-order valence-corrected chi connectivity index (χ3v) is 3.83. The Hall–Kier alpha value is -0.480. The van der Waals surface area contributed by atoms with E-state index in [2.05, 4.69) is 22.4 Å². The van der Waals surface area contributed by atoms with Crippen molar-refractivity contribution in [2.24, 2.45) is 5.92 Å². The highest BCUT2D eigenvalue weighted by atomic mass is 32.2. The minimum Gasteiger partial charge on any atom is -0.307 e. The summed E-state index contributed by atoms with van der Waals surface area (Å²) in [4.78, 5) is 0. The summed E-state index contributed by atoms with van der Waals surface area (Å²) >= 11 is 2.04. The number of rotatable bonds is 3. The van der Waals surface area contributed by atoms with Gasteiger partial charge in [0.05, 0.1) is 0 Å². The number of aromatic nitrogens is 2. The molecular formula is C9H15N3S. The van der Waals surface area contributed by atoms with Crippen LogP contribution in [0.3, 0.4) is 0 Å². The van der Waals surface area contributed by atoms with Gasteiger partial charge in [-0.1, -0.05) is 6.92 Å². The van der Waals surface area contributed by atoms with Crippen LogP contribution < -0.4 is 5.32 Å². The van der Waals surface area contributed by atoms with Crippen LogP contribution >= 0.6 is 11.8 Å². The van der Waals surface area contributed by atoms with Gasteiger partial charge in [0.15, 0.2) is 0 Å². The van der Waals surface area contributed by atoms with E-state index in [0.717, 1.165) is 12.5 Å². The molecule has 1 aromatic rings. The maximum atomic E-state index is 3.92. The zero-order valence-corrected chi connectivity index (χ0v) is 8.60. The van der Waals surface area contributed by atoms with E-state index in [1.165, 1.54) is 17.2 Å². The second-order valence-electron chi connectivity index (χ2n) is 3.58. The maximum absolute atomic E-state index is 3.92. The smallest absolute Gasteiger partial charge is 0.0490 e. The Morgan fingerprint density at radius 3 is 3.23 bits per heavy atom. The summed E-state index contributed by atoms with van der Waals surface area (Å²) in [5.41, 5.74) is 1.17. The van der Waals surface area contributed by atoms with E-state index in [-0.39, 0.29) is 0 Å². The normalized spacial score (nSPS) is 28.1. The van der Waals surface area contributed by atoms with E-state index in [0.29, 0.717) is 6.04 Å². The van der Waals surface area contributed by atoms with E-state index in [9.17, 15) is 0 Å². The standard InChI is InChI=1S/C9H15N3S/c1-7-5-13-6-9(7)10-4-8-2-3-11-12-8/h2-3,7,9-10H,4-6H2,1H3,(H,11,12). The molecule has 0 aromatic carbocycles. The zero-order valence-electron chi connectivity index (χ0n) is 7.79. The Morgan fingerprint density at radius 1 is 1.69 bits per heavy atom. The summed E-state index contributed by atoms with van der Waals surface area (Å²) in [6.45, 7) is 3.22. The van der Waals surface area contributed by atoms with Crippen LogP contribution in [-0.4, -0.2) is 27.7 Å². The Kier molecular flexibility index (Phi) is 2.90. The van der Waals surface area contributed by atoms with E-state index in [1.807, 2.05) is 17.8 Å². The SMILES string of the molecule is CC1CSCC1NCc1ccn[nH]1. The highest BCUT2D eigenvalue weighted by Crippen LogP contribution is 2.23. The lowest BCUT2D eigenvalue weighted by Gasteiger charge is -2.15. The molecule has 0 amide bonds. The molecule has 0 aliphatic carbocycles. The first kappa shape index (κ1) is 9.09. The van der Waals surface area contributed by atoms with Crippen molar-refractivity contribution in [1.82, 2.24) is 15.5 Å². The Morgan fingerprint density at radius 2 is 2.62 bits per heavy atom. The van der Waals surface area contributed by atoms with Gasteiger partial charge in [-0.3, -0.25) is 5.10 Å². The van der Waals surface area contributed by atoms with Crippen molar-refractivity contribution in [1.29, 1.82) is 0 Å². The topological polar surface area (TPSA) is 40.7 Å². The first-order valence-electron chi connectivity index (χ1n) is 4.65. The number of H-pyrrole nitrogens is 1. The van der Waals surface area contributed by atoms with Gasteiger partial charge in [0.2, 0.25) is 0 Å². The zero-order chi connectivity index (χ0) is 9.10. The molecule has 2 rings (SSSR count). The average molecular weight is 197 g/mol. The first-order chi connectivity index (χ1) is 6.36. The van der Waals surface area contributed by atoms with Crippen LogP contribution in [-0.2, 0) is 6.54 Å². The van der Waals surface area contributed by atoms with Gasteiger partial charge in [0.1, 0.15) is 0 Å². The summed E-state index contributed by atoms with van der Waals surface area (Å²) in [5.74, 6) is 3.34. The molecule has 4 heteroatoms. The molecule has 0 saturated carbocycles. The molecule has 1 saturated heterocycles. The van der Waals surface area contributed by atoms with Crippen LogP contribution in [0.1, 0.15) is 12.6 Å². The fourth-order valence-electron chi connectivity index (χ4n) is 1.55. The first-order valence-corrected chi connectivity index (χ1v) is 5.81. The Bertz CT molecular complexity index is 247. The molecule has 1 aromatic heterocycles. The predicted molar refractivity (Wildman–Crippen MR) is 55.7 cm³/mol. The van der Waals surface area contributed by atoms with Gasteiger partial charge in [-0.25, -0.2) is 0 Å². The van der Waals surface area contributed by atoms with Gasteiger partial charge < -0.3 is 5.32 Å². The number of hydrogen-bond donors (Lipinski definition) is 2. The van der Waals surface area contributed by atoms with Crippen molar-refractivity contribution in [3.8, 4) is 0 Å². The van der Waals surface area contributed by atoms with Gasteiger partial charge in [0, 0.05) is 30.2 Å². The van der Waals surface area contributed by atoms with Crippen LogP contribution in [0.2, 0.25) is 0 Å². The quantitative estimate of drug-likeness (QED) is 0.766. The summed E-state index contributed by atoms with van der Waals surface area (Å²) in [6, 6.07) is 2.69. The monoisotopic (exact) mass is 197 g/mol. The van der Waals surface area contributed by atoms with Crippen LogP contribution in [0.4, 0.5) is 0 Å². The highest BCUT2D eigenvalue weighted by molar-refractivity contribution is 7.99. The minimum absolute atomic E-state index is 0.674. The summed E-state index contributed by atoms with van der Waals surface area (Å²) in [5, 5.41) is 10.4. The van der Waals surface area contributed by atoms with Gasteiger partial charge in [-0.15, -0.1) is 0 Å². The van der Waals surface area contributed by atoms with Crippen LogP contribution in [0.5, 0.6) is 0 Å². The number of aromatic amines is 1.